The van der Waals surface area contributed by atoms with E-state index in [1.165, 1.54) is 41.3 Å². The second-order valence-corrected chi connectivity index (χ2v) is 5.54. The summed E-state index contributed by atoms with van der Waals surface area (Å²) in [7, 11) is 0. The van der Waals surface area contributed by atoms with Crippen molar-refractivity contribution in [3.05, 3.63) is 63.9 Å². The van der Waals surface area contributed by atoms with Gasteiger partial charge in [-0.2, -0.15) is 0 Å². The highest BCUT2D eigenvalue weighted by Crippen LogP contribution is 2.37. The minimum atomic E-state index is -0.683. The van der Waals surface area contributed by atoms with Gasteiger partial charge in [0.05, 0.1) is 10.6 Å². The summed E-state index contributed by atoms with van der Waals surface area (Å²) in [5.74, 6) is -0.991. The third-order valence-electron chi connectivity index (χ3n) is 3.67. The lowest BCUT2D eigenvalue weighted by atomic mass is 10.1. The lowest BCUT2D eigenvalue weighted by Crippen LogP contribution is -2.42. The normalized spacial score (nSPS) is 14.7. The number of non-ortho nitro benzene ring substituents is 1. The zero-order chi connectivity index (χ0) is 18.8. The molecule has 0 bridgehead atoms. The molecule has 0 aliphatic carbocycles. The van der Waals surface area contributed by atoms with Crippen LogP contribution in [0.15, 0.2) is 48.2 Å². The molecule has 9 heteroatoms. The first-order valence-corrected chi connectivity index (χ1v) is 7.49. The number of rotatable bonds is 4. The van der Waals surface area contributed by atoms with Gasteiger partial charge >= 0.3 is 0 Å². The number of amides is 2. The quantitative estimate of drug-likeness (QED) is 0.368. The van der Waals surface area contributed by atoms with Crippen LogP contribution in [0.2, 0.25) is 0 Å². The van der Waals surface area contributed by atoms with Crippen molar-refractivity contribution in [1.82, 2.24) is 0 Å². The van der Waals surface area contributed by atoms with Crippen molar-refractivity contribution in [2.45, 2.75) is 0 Å². The first kappa shape index (κ1) is 17.0. The molecule has 4 N–H and O–H groups in total. The van der Waals surface area contributed by atoms with E-state index in [1.807, 2.05) is 0 Å². The molecule has 0 fully saturated rings. The Morgan fingerprint density at radius 1 is 1.23 bits per heavy atom. The first-order valence-electron chi connectivity index (χ1n) is 7.49. The van der Waals surface area contributed by atoms with Crippen LogP contribution in [-0.2, 0) is 9.59 Å². The number of benzene rings is 2. The molecule has 0 spiro atoms. The summed E-state index contributed by atoms with van der Waals surface area (Å²) in [6.07, 6.45) is 1.42. The maximum absolute atomic E-state index is 12.7. The molecule has 1 aliphatic heterocycles. The lowest BCUT2D eigenvalue weighted by molar-refractivity contribution is -0.384. The lowest BCUT2D eigenvalue weighted by Gasteiger charge is -2.29. The van der Waals surface area contributed by atoms with Crippen LogP contribution in [0.5, 0.6) is 5.75 Å². The predicted octanol–water partition coefficient (Wildman–Crippen LogP) is 1.43. The van der Waals surface area contributed by atoms with Gasteiger partial charge in [-0.25, -0.2) is 0 Å². The van der Waals surface area contributed by atoms with E-state index in [2.05, 4.69) is 0 Å². The Morgan fingerprint density at radius 3 is 2.54 bits per heavy atom. The number of nitro benzene ring substituents is 1. The van der Waals surface area contributed by atoms with Crippen molar-refractivity contribution in [3.8, 4) is 5.75 Å². The number of carbonyl (C=O) groups is 2. The van der Waals surface area contributed by atoms with Gasteiger partial charge in [0.1, 0.15) is 6.54 Å². The predicted molar refractivity (Wildman–Crippen MR) is 94.1 cm³/mol. The average Bonchev–Trinajstić information content (AvgIpc) is 2.58. The van der Waals surface area contributed by atoms with Gasteiger partial charge in [0.15, 0.2) is 11.5 Å². The van der Waals surface area contributed by atoms with Crippen LogP contribution in [0.25, 0.3) is 6.08 Å². The summed E-state index contributed by atoms with van der Waals surface area (Å²) in [5.41, 5.74) is 12.2. The third kappa shape index (κ3) is 3.31. The molecule has 1 aliphatic rings. The van der Waals surface area contributed by atoms with E-state index < -0.39 is 16.7 Å². The summed E-state index contributed by atoms with van der Waals surface area (Å²) in [6, 6.07) is 10.3. The van der Waals surface area contributed by atoms with Crippen molar-refractivity contribution in [2.24, 2.45) is 5.73 Å². The van der Waals surface area contributed by atoms with Gasteiger partial charge in [0, 0.05) is 23.9 Å². The Morgan fingerprint density at radius 2 is 1.92 bits per heavy atom. The van der Waals surface area contributed by atoms with E-state index in [9.17, 15) is 19.7 Å². The van der Waals surface area contributed by atoms with E-state index in [-0.39, 0.29) is 18.0 Å². The number of nitro groups is 1. The molecule has 2 aromatic rings. The van der Waals surface area contributed by atoms with Crippen LogP contribution in [-0.4, -0.2) is 23.3 Å². The fourth-order valence-corrected chi connectivity index (χ4v) is 2.49. The van der Waals surface area contributed by atoms with E-state index >= 15 is 0 Å². The third-order valence-corrected chi connectivity index (χ3v) is 3.67. The molecule has 0 atom stereocenters. The number of carbonyl (C=O) groups excluding carboxylic acids is 2. The molecule has 0 radical (unpaired) electrons. The van der Waals surface area contributed by atoms with Gasteiger partial charge in [-0.1, -0.05) is 0 Å². The molecule has 26 heavy (non-hydrogen) atoms. The summed E-state index contributed by atoms with van der Waals surface area (Å²) >= 11 is 0. The smallest absolute Gasteiger partial charge is 0.294 e. The topological polar surface area (TPSA) is 142 Å². The number of nitrogens with zero attached hydrogens (tertiary/aromatic N) is 2. The van der Waals surface area contributed by atoms with Gasteiger partial charge in [0.2, 0.25) is 5.91 Å². The summed E-state index contributed by atoms with van der Waals surface area (Å²) in [6.45, 7) is -0.323. The molecule has 0 unspecified atom stereocenters. The molecule has 132 valence electrons. The Kier molecular flexibility index (Phi) is 4.27. The van der Waals surface area contributed by atoms with Gasteiger partial charge in [-0.05, 0) is 35.9 Å². The van der Waals surface area contributed by atoms with Crippen molar-refractivity contribution >= 4 is 35.0 Å². The van der Waals surface area contributed by atoms with Crippen LogP contribution in [0.1, 0.15) is 5.56 Å². The largest absolute Gasteiger partial charge is 0.449 e. The van der Waals surface area contributed by atoms with Crippen molar-refractivity contribution in [2.75, 3.05) is 17.2 Å². The molecule has 1 heterocycles. The molecule has 0 saturated heterocycles. The zero-order valence-electron chi connectivity index (χ0n) is 13.4. The maximum atomic E-state index is 12.7. The number of nitrogen functional groups attached to an aromatic ring is 1. The fourth-order valence-electron chi connectivity index (χ4n) is 2.49. The number of primary amides is 1. The Hall–Kier alpha value is -3.88. The van der Waals surface area contributed by atoms with Gasteiger partial charge in [-0.15, -0.1) is 0 Å². The van der Waals surface area contributed by atoms with Crippen LogP contribution < -0.4 is 21.1 Å². The number of nitrogens with two attached hydrogens (primary N) is 2. The number of hydrogen-bond acceptors (Lipinski definition) is 6. The Bertz CT molecular complexity index is 937. The minimum absolute atomic E-state index is 0.0572. The molecule has 2 amide bonds. The first-order chi connectivity index (χ1) is 12.3. The second-order valence-electron chi connectivity index (χ2n) is 5.54. The van der Waals surface area contributed by atoms with Crippen LogP contribution in [0, 0.1) is 10.1 Å². The van der Waals surface area contributed by atoms with Crippen molar-refractivity contribution in [1.29, 1.82) is 0 Å². The monoisotopic (exact) mass is 354 g/mol. The highest BCUT2D eigenvalue weighted by molar-refractivity contribution is 6.12. The number of fused-ring (bicyclic) bond motifs is 1. The van der Waals surface area contributed by atoms with Gasteiger partial charge in [-0.3, -0.25) is 24.6 Å². The van der Waals surface area contributed by atoms with Crippen LogP contribution in [0.3, 0.4) is 0 Å². The van der Waals surface area contributed by atoms with E-state index in [0.717, 1.165) is 0 Å². The summed E-state index contributed by atoms with van der Waals surface area (Å²) in [5, 5.41) is 10.7. The molecule has 3 rings (SSSR count). The standard InChI is InChI=1S/C17H14N4O5/c18-11-3-6-13-14(8-11)26-15(17(23)20(13)9-16(19)22)7-10-1-4-12(5-2-10)21(24)25/h1-8H,9,18H2,(H2,19,22)/b15-7+. The number of anilines is 2. The molecule has 2 aromatic carbocycles. The maximum Gasteiger partial charge on any atom is 0.294 e. The van der Waals surface area contributed by atoms with E-state index in [1.54, 1.807) is 12.1 Å². The van der Waals surface area contributed by atoms with Crippen molar-refractivity contribution < 1.29 is 19.2 Å². The minimum Gasteiger partial charge on any atom is -0.449 e. The van der Waals surface area contributed by atoms with Crippen molar-refractivity contribution in [3.63, 3.8) is 0 Å². The van der Waals surface area contributed by atoms with Gasteiger partial charge < -0.3 is 16.2 Å². The summed E-state index contributed by atoms with van der Waals surface area (Å²) < 4.78 is 5.62. The number of hydrogen-bond donors (Lipinski definition) is 2. The number of ether oxygens (including phenoxy) is 1. The Labute approximate surface area is 147 Å². The molecule has 0 aromatic heterocycles. The summed E-state index contributed by atoms with van der Waals surface area (Å²) in [4.78, 5) is 35.4. The van der Waals surface area contributed by atoms with Crippen LogP contribution >= 0.6 is 0 Å². The molecular weight excluding hydrogens is 340 g/mol. The van der Waals surface area contributed by atoms with E-state index in [4.69, 9.17) is 16.2 Å². The SMILES string of the molecule is NC(=O)CN1C(=O)/C(=C\c2ccc([N+](=O)[O-])cc2)Oc2cc(N)ccc21. The Balaban J connectivity index is 2.01. The molecule has 0 saturated carbocycles. The highest BCUT2D eigenvalue weighted by atomic mass is 16.6. The molecule has 9 nitrogen and oxygen atoms in total. The molecular formula is C17H14N4O5. The van der Waals surface area contributed by atoms with Crippen LogP contribution in [0.4, 0.5) is 17.1 Å². The highest BCUT2D eigenvalue weighted by Gasteiger charge is 2.31. The zero-order valence-corrected chi connectivity index (χ0v) is 13.4. The van der Waals surface area contributed by atoms with Gasteiger partial charge in [0.25, 0.3) is 11.6 Å². The second kappa shape index (κ2) is 6.55. The van der Waals surface area contributed by atoms with E-state index in [0.29, 0.717) is 22.7 Å². The fraction of sp³-hybridized carbons (Fsp3) is 0.0588. The average molecular weight is 354 g/mol.